The topological polar surface area (TPSA) is 58.6 Å². The van der Waals surface area contributed by atoms with Gasteiger partial charge in [0.25, 0.3) is 0 Å². The minimum atomic E-state index is -0.860. The average Bonchev–Trinajstić information content (AvgIpc) is 3.36. The summed E-state index contributed by atoms with van der Waals surface area (Å²) >= 11 is 7.90. The number of anilines is 1. The van der Waals surface area contributed by atoms with Gasteiger partial charge in [-0.2, -0.15) is 11.3 Å². The molecule has 1 fully saturated rings. The highest BCUT2D eigenvalue weighted by Gasteiger charge is 2.35. The number of hydrogen-bond donors (Lipinski definition) is 1. The second kappa shape index (κ2) is 11.5. The number of rotatable bonds is 8. The molecule has 1 aromatic heterocycles. The SMILES string of the molecule is COc1ccc(Cl)cc1N(C(=O)Cc1ccsc1)[C@@H](C(=O)NC1CCCCC1)c1ccccc1. The van der Waals surface area contributed by atoms with Crippen LogP contribution in [0.1, 0.15) is 49.3 Å². The van der Waals surface area contributed by atoms with E-state index in [2.05, 4.69) is 5.32 Å². The summed E-state index contributed by atoms with van der Waals surface area (Å²) in [4.78, 5) is 29.2. The molecule has 1 saturated carbocycles. The van der Waals surface area contributed by atoms with E-state index >= 15 is 0 Å². The number of carbonyl (C=O) groups is 2. The first kappa shape index (κ1) is 24.3. The number of nitrogens with zero attached hydrogens (tertiary/aromatic N) is 1. The van der Waals surface area contributed by atoms with Gasteiger partial charge in [-0.05, 0) is 59.0 Å². The maximum Gasteiger partial charge on any atom is 0.248 e. The summed E-state index contributed by atoms with van der Waals surface area (Å²) in [6.07, 6.45) is 5.47. The predicted octanol–water partition coefficient (Wildman–Crippen LogP) is 6.18. The zero-order valence-electron chi connectivity index (χ0n) is 19.2. The van der Waals surface area contributed by atoms with Crippen LogP contribution in [0, 0.1) is 0 Å². The summed E-state index contributed by atoms with van der Waals surface area (Å²) in [7, 11) is 1.55. The number of methoxy groups -OCH3 is 1. The predicted molar refractivity (Wildman–Crippen MR) is 138 cm³/mol. The number of ether oxygens (including phenoxy) is 1. The lowest BCUT2D eigenvalue weighted by Crippen LogP contribution is -2.47. The van der Waals surface area contributed by atoms with E-state index in [0.717, 1.165) is 36.8 Å². The first-order chi connectivity index (χ1) is 16.6. The molecule has 3 aromatic rings. The number of nitrogens with one attached hydrogen (secondary N) is 1. The van der Waals surface area contributed by atoms with Crippen molar-refractivity contribution in [2.45, 2.75) is 50.6 Å². The van der Waals surface area contributed by atoms with E-state index in [1.165, 1.54) is 17.8 Å². The van der Waals surface area contributed by atoms with Gasteiger partial charge < -0.3 is 10.1 Å². The molecular formula is C27H29ClN2O3S. The Morgan fingerprint density at radius 2 is 1.88 bits per heavy atom. The first-order valence-electron chi connectivity index (χ1n) is 11.6. The van der Waals surface area contributed by atoms with Gasteiger partial charge in [0, 0.05) is 11.1 Å². The molecule has 1 atom stereocenters. The number of carbonyl (C=O) groups excluding carboxylic acids is 2. The van der Waals surface area contributed by atoms with Crippen LogP contribution in [0.5, 0.6) is 5.75 Å². The van der Waals surface area contributed by atoms with Gasteiger partial charge in [0.05, 0.1) is 19.2 Å². The van der Waals surface area contributed by atoms with Gasteiger partial charge in [0.15, 0.2) is 0 Å². The molecule has 2 amide bonds. The quantitative estimate of drug-likeness (QED) is 0.405. The maximum absolute atomic E-state index is 13.9. The molecule has 1 heterocycles. The number of halogens is 1. The summed E-state index contributed by atoms with van der Waals surface area (Å²) in [6.45, 7) is 0. The highest BCUT2D eigenvalue weighted by atomic mass is 35.5. The monoisotopic (exact) mass is 496 g/mol. The van der Waals surface area contributed by atoms with Gasteiger partial charge in [-0.15, -0.1) is 0 Å². The molecule has 0 radical (unpaired) electrons. The molecule has 0 spiro atoms. The molecule has 1 N–H and O–H groups in total. The smallest absolute Gasteiger partial charge is 0.248 e. The van der Waals surface area contributed by atoms with Crippen molar-refractivity contribution in [2.24, 2.45) is 0 Å². The van der Waals surface area contributed by atoms with E-state index in [1.807, 2.05) is 47.2 Å². The lowest BCUT2D eigenvalue weighted by atomic mass is 9.94. The largest absolute Gasteiger partial charge is 0.495 e. The third-order valence-corrected chi connectivity index (χ3v) is 7.15. The Kier molecular flexibility index (Phi) is 8.25. The second-order valence-electron chi connectivity index (χ2n) is 8.55. The molecule has 2 aromatic carbocycles. The van der Waals surface area contributed by atoms with Crippen molar-refractivity contribution in [1.82, 2.24) is 5.32 Å². The fourth-order valence-corrected chi connectivity index (χ4v) is 5.34. The van der Waals surface area contributed by atoms with Crippen LogP contribution in [0.4, 0.5) is 5.69 Å². The standard InChI is InChI=1S/C27H29ClN2O3S/c1-33-24-13-12-21(28)17-23(24)30(25(31)16-19-14-15-34-18-19)26(20-8-4-2-5-9-20)27(32)29-22-10-6-3-7-11-22/h2,4-5,8-9,12-15,17-18,22,26H,3,6-7,10-11,16H2,1H3,(H,29,32)/t26-/m1/s1. The van der Waals surface area contributed by atoms with E-state index in [4.69, 9.17) is 16.3 Å². The van der Waals surface area contributed by atoms with Crippen molar-refractivity contribution >= 4 is 40.4 Å². The summed E-state index contributed by atoms with van der Waals surface area (Å²) in [5.74, 6) is 0.0832. The van der Waals surface area contributed by atoms with Crippen molar-refractivity contribution < 1.29 is 14.3 Å². The zero-order chi connectivity index (χ0) is 23.9. The van der Waals surface area contributed by atoms with Crippen molar-refractivity contribution in [3.8, 4) is 5.75 Å². The zero-order valence-corrected chi connectivity index (χ0v) is 20.8. The molecule has 1 aliphatic rings. The van der Waals surface area contributed by atoms with Crippen LogP contribution in [0.15, 0.2) is 65.4 Å². The Morgan fingerprint density at radius 3 is 2.56 bits per heavy atom. The number of benzene rings is 2. The Bertz CT molecular complexity index is 1100. The van der Waals surface area contributed by atoms with Crippen molar-refractivity contribution in [2.75, 3.05) is 12.0 Å². The molecule has 0 unspecified atom stereocenters. The third-order valence-electron chi connectivity index (χ3n) is 6.18. The minimum Gasteiger partial charge on any atom is -0.495 e. The maximum atomic E-state index is 13.9. The molecule has 5 nitrogen and oxygen atoms in total. The van der Waals surface area contributed by atoms with Gasteiger partial charge in [-0.25, -0.2) is 0 Å². The molecule has 0 saturated heterocycles. The fraction of sp³-hybridized carbons (Fsp3) is 0.333. The molecule has 4 rings (SSSR count). The van der Waals surface area contributed by atoms with E-state index in [-0.39, 0.29) is 24.3 Å². The number of hydrogen-bond acceptors (Lipinski definition) is 4. The molecule has 0 aliphatic heterocycles. The van der Waals surface area contributed by atoms with Gasteiger partial charge >= 0.3 is 0 Å². The molecule has 1 aliphatic carbocycles. The first-order valence-corrected chi connectivity index (χ1v) is 12.9. The van der Waals surface area contributed by atoms with Crippen LogP contribution in [-0.2, 0) is 16.0 Å². The highest BCUT2D eigenvalue weighted by molar-refractivity contribution is 7.08. The van der Waals surface area contributed by atoms with Crippen LogP contribution in [-0.4, -0.2) is 25.0 Å². The minimum absolute atomic E-state index is 0.113. The van der Waals surface area contributed by atoms with Gasteiger partial charge in [0.2, 0.25) is 11.8 Å². The van der Waals surface area contributed by atoms with Crippen LogP contribution >= 0.6 is 22.9 Å². The second-order valence-corrected chi connectivity index (χ2v) is 9.76. The Balaban J connectivity index is 1.79. The Hall–Kier alpha value is -2.83. The molecule has 7 heteroatoms. The normalized spacial score (nSPS) is 14.9. The molecule has 34 heavy (non-hydrogen) atoms. The highest BCUT2D eigenvalue weighted by Crippen LogP contribution is 2.37. The van der Waals surface area contributed by atoms with E-state index in [1.54, 1.807) is 30.2 Å². The lowest BCUT2D eigenvalue weighted by molar-refractivity contribution is -0.127. The summed E-state index contributed by atoms with van der Waals surface area (Å²) in [5, 5.41) is 7.58. The average molecular weight is 497 g/mol. The van der Waals surface area contributed by atoms with Crippen molar-refractivity contribution in [1.29, 1.82) is 0 Å². The van der Waals surface area contributed by atoms with E-state index in [0.29, 0.717) is 16.5 Å². The van der Waals surface area contributed by atoms with Crippen LogP contribution in [0.2, 0.25) is 5.02 Å². The van der Waals surface area contributed by atoms with Gasteiger partial charge in [-0.3, -0.25) is 14.5 Å². The van der Waals surface area contributed by atoms with Crippen LogP contribution < -0.4 is 15.0 Å². The van der Waals surface area contributed by atoms with E-state index in [9.17, 15) is 9.59 Å². The summed E-state index contributed by atoms with van der Waals surface area (Å²) in [6, 6.07) is 15.7. The van der Waals surface area contributed by atoms with E-state index < -0.39 is 6.04 Å². The molecule has 178 valence electrons. The van der Waals surface area contributed by atoms with Crippen LogP contribution in [0.3, 0.4) is 0 Å². The van der Waals surface area contributed by atoms with Crippen molar-refractivity contribution in [3.63, 3.8) is 0 Å². The Morgan fingerprint density at radius 1 is 1.12 bits per heavy atom. The summed E-state index contributed by atoms with van der Waals surface area (Å²) in [5.41, 5.74) is 2.11. The molecular weight excluding hydrogens is 468 g/mol. The van der Waals surface area contributed by atoms with Gasteiger partial charge in [0.1, 0.15) is 11.8 Å². The Labute approximate surface area is 209 Å². The number of amides is 2. The lowest BCUT2D eigenvalue weighted by Gasteiger charge is -2.34. The third kappa shape index (κ3) is 5.80. The van der Waals surface area contributed by atoms with Gasteiger partial charge in [-0.1, -0.05) is 61.2 Å². The van der Waals surface area contributed by atoms with Crippen molar-refractivity contribution in [3.05, 3.63) is 81.5 Å². The van der Waals surface area contributed by atoms with Crippen LogP contribution in [0.25, 0.3) is 0 Å². The summed E-state index contributed by atoms with van der Waals surface area (Å²) < 4.78 is 5.60. The molecule has 0 bridgehead atoms. The number of thiophene rings is 1. The fourth-order valence-electron chi connectivity index (χ4n) is 4.50.